The van der Waals surface area contributed by atoms with Crippen molar-refractivity contribution in [3.05, 3.63) is 29.8 Å². The average Bonchev–Trinajstić information content (AvgIpc) is 2.65. The quantitative estimate of drug-likeness (QED) is 0.353. The van der Waals surface area contributed by atoms with E-state index in [1.54, 1.807) is 26.0 Å². The lowest BCUT2D eigenvalue weighted by Crippen LogP contribution is -2.57. The number of benzene rings is 1. The van der Waals surface area contributed by atoms with Gasteiger partial charge in [-0.15, -0.1) is 0 Å². The maximum atomic E-state index is 12.9. The number of carboxylic acids is 1. The first-order valence-electron chi connectivity index (χ1n) is 10.3. The minimum atomic E-state index is -1.15. The number of carboxylic acid groups (broad SMARTS) is 1. The second-order valence-corrected chi connectivity index (χ2v) is 8.38. The fourth-order valence-corrected chi connectivity index (χ4v) is 3.07. The van der Waals surface area contributed by atoms with E-state index >= 15 is 0 Å². The lowest BCUT2D eigenvalue weighted by molar-refractivity contribution is -0.143. The molecule has 31 heavy (non-hydrogen) atoms. The molecule has 1 aromatic rings. The second kappa shape index (κ2) is 11.9. The summed E-state index contributed by atoms with van der Waals surface area (Å²) in [5.74, 6) is -2.91. The van der Waals surface area contributed by atoms with Crippen LogP contribution in [0.5, 0.6) is 5.75 Å². The number of carbonyl (C=O) groups is 4. The van der Waals surface area contributed by atoms with Gasteiger partial charge in [0.2, 0.25) is 17.7 Å². The van der Waals surface area contributed by atoms with Gasteiger partial charge < -0.3 is 26.2 Å². The Morgan fingerprint density at radius 3 is 1.87 bits per heavy atom. The van der Waals surface area contributed by atoms with Crippen molar-refractivity contribution in [2.24, 2.45) is 11.8 Å². The summed E-state index contributed by atoms with van der Waals surface area (Å²) in [5.41, 5.74) is 0.710. The highest BCUT2D eigenvalue weighted by atomic mass is 16.4. The third-order valence-electron chi connectivity index (χ3n) is 4.64. The van der Waals surface area contributed by atoms with Crippen LogP contribution in [-0.4, -0.2) is 52.0 Å². The fraction of sp³-hybridized carbons (Fsp3) is 0.545. The van der Waals surface area contributed by atoms with E-state index in [4.69, 9.17) is 0 Å². The molecule has 3 amide bonds. The van der Waals surface area contributed by atoms with Crippen LogP contribution in [0, 0.1) is 11.8 Å². The molecule has 0 aliphatic heterocycles. The Bertz CT molecular complexity index is 776. The highest BCUT2D eigenvalue weighted by Crippen LogP contribution is 2.13. The van der Waals surface area contributed by atoms with Crippen molar-refractivity contribution in [3.8, 4) is 5.75 Å². The molecule has 0 saturated carbocycles. The van der Waals surface area contributed by atoms with E-state index in [-0.39, 0.29) is 24.0 Å². The van der Waals surface area contributed by atoms with Gasteiger partial charge in [-0.3, -0.25) is 14.4 Å². The topological polar surface area (TPSA) is 145 Å². The summed E-state index contributed by atoms with van der Waals surface area (Å²) in [6.45, 7) is 8.41. The van der Waals surface area contributed by atoms with E-state index in [0.29, 0.717) is 12.0 Å². The van der Waals surface area contributed by atoms with E-state index in [1.807, 2.05) is 13.8 Å². The predicted molar refractivity (Wildman–Crippen MR) is 115 cm³/mol. The number of phenols is 1. The van der Waals surface area contributed by atoms with Crippen LogP contribution >= 0.6 is 0 Å². The molecule has 3 atom stereocenters. The van der Waals surface area contributed by atoms with Crippen LogP contribution in [0.25, 0.3) is 0 Å². The number of hydrogen-bond donors (Lipinski definition) is 5. The normalized spacial score (nSPS) is 13.9. The molecule has 0 saturated heterocycles. The van der Waals surface area contributed by atoms with Crippen LogP contribution in [0.2, 0.25) is 0 Å². The summed E-state index contributed by atoms with van der Waals surface area (Å²) in [7, 11) is 0. The van der Waals surface area contributed by atoms with Crippen molar-refractivity contribution in [2.45, 2.75) is 65.6 Å². The van der Waals surface area contributed by atoms with E-state index in [9.17, 15) is 29.4 Å². The maximum Gasteiger partial charge on any atom is 0.326 e. The first-order valence-corrected chi connectivity index (χ1v) is 10.3. The lowest BCUT2D eigenvalue weighted by atomic mass is 9.99. The molecule has 0 spiro atoms. The van der Waals surface area contributed by atoms with Crippen LogP contribution in [0.15, 0.2) is 24.3 Å². The Morgan fingerprint density at radius 1 is 0.871 bits per heavy atom. The number of aliphatic carboxylic acids is 1. The smallest absolute Gasteiger partial charge is 0.326 e. The first-order chi connectivity index (χ1) is 14.4. The second-order valence-electron chi connectivity index (χ2n) is 8.38. The zero-order valence-electron chi connectivity index (χ0n) is 18.6. The Balaban J connectivity index is 3.00. The molecule has 0 bridgehead atoms. The van der Waals surface area contributed by atoms with E-state index < -0.39 is 41.8 Å². The number of carbonyl (C=O) groups excluding carboxylic acids is 3. The van der Waals surface area contributed by atoms with Crippen molar-refractivity contribution in [1.29, 1.82) is 0 Å². The molecule has 0 aliphatic rings. The molecule has 0 radical (unpaired) electrons. The third-order valence-corrected chi connectivity index (χ3v) is 4.64. The number of amides is 3. The van der Waals surface area contributed by atoms with Gasteiger partial charge >= 0.3 is 5.97 Å². The van der Waals surface area contributed by atoms with Gasteiger partial charge in [-0.2, -0.15) is 0 Å². The molecular formula is C22H33N3O6. The number of aromatic hydroxyl groups is 1. The maximum absolute atomic E-state index is 12.9. The molecule has 0 aliphatic carbocycles. The largest absolute Gasteiger partial charge is 0.508 e. The molecule has 3 unspecified atom stereocenters. The molecule has 9 heteroatoms. The summed E-state index contributed by atoms with van der Waals surface area (Å²) in [5, 5.41) is 26.5. The van der Waals surface area contributed by atoms with E-state index in [2.05, 4.69) is 16.0 Å². The molecule has 0 aromatic heterocycles. The van der Waals surface area contributed by atoms with Gasteiger partial charge in [0.15, 0.2) is 0 Å². The van der Waals surface area contributed by atoms with Gasteiger partial charge in [0.05, 0.1) is 0 Å². The molecule has 1 rings (SSSR count). The van der Waals surface area contributed by atoms with Crippen molar-refractivity contribution in [3.63, 3.8) is 0 Å². The Hall–Kier alpha value is -3.10. The summed E-state index contributed by atoms with van der Waals surface area (Å²) in [6, 6.07) is 3.25. The van der Waals surface area contributed by atoms with Crippen molar-refractivity contribution in [1.82, 2.24) is 16.0 Å². The van der Waals surface area contributed by atoms with Gasteiger partial charge in [0.1, 0.15) is 23.9 Å². The van der Waals surface area contributed by atoms with E-state index in [1.165, 1.54) is 19.1 Å². The molecule has 0 fully saturated rings. The SMILES string of the molecule is CC(=O)NC(Cc1ccc(O)cc1)C(=O)NC(CC(C)C)C(=O)NC(C(=O)O)C(C)C. The summed E-state index contributed by atoms with van der Waals surface area (Å²) in [4.78, 5) is 48.8. The molecule has 0 heterocycles. The Labute approximate surface area is 182 Å². The molecule has 5 N–H and O–H groups in total. The van der Waals surface area contributed by atoms with Gasteiger partial charge in [0.25, 0.3) is 0 Å². The highest BCUT2D eigenvalue weighted by Gasteiger charge is 2.31. The van der Waals surface area contributed by atoms with Crippen LogP contribution in [0.4, 0.5) is 0 Å². The number of hydrogen-bond acceptors (Lipinski definition) is 5. The average molecular weight is 436 g/mol. The number of phenolic OH excluding ortho intramolecular Hbond substituents is 1. The van der Waals surface area contributed by atoms with Crippen LogP contribution in [-0.2, 0) is 25.6 Å². The van der Waals surface area contributed by atoms with Crippen LogP contribution in [0.1, 0.15) is 46.6 Å². The van der Waals surface area contributed by atoms with Crippen LogP contribution < -0.4 is 16.0 Å². The number of rotatable bonds is 11. The fourth-order valence-electron chi connectivity index (χ4n) is 3.07. The van der Waals surface area contributed by atoms with E-state index in [0.717, 1.165) is 0 Å². The summed E-state index contributed by atoms with van der Waals surface area (Å²) >= 11 is 0. The minimum absolute atomic E-state index is 0.0506. The number of nitrogens with one attached hydrogen (secondary N) is 3. The van der Waals surface area contributed by atoms with Gasteiger partial charge in [-0.25, -0.2) is 4.79 Å². The van der Waals surface area contributed by atoms with Gasteiger partial charge in [-0.05, 0) is 36.0 Å². The first kappa shape index (κ1) is 25.9. The zero-order valence-corrected chi connectivity index (χ0v) is 18.6. The Morgan fingerprint density at radius 2 is 1.42 bits per heavy atom. The highest BCUT2D eigenvalue weighted by molar-refractivity contribution is 5.93. The summed E-state index contributed by atoms with van der Waals surface area (Å²) < 4.78 is 0. The third kappa shape index (κ3) is 9.06. The van der Waals surface area contributed by atoms with Crippen molar-refractivity contribution in [2.75, 3.05) is 0 Å². The summed E-state index contributed by atoms with van der Waals surface area (Å²) in [6.07, 6.45) is 0.458. The predicted octanol–water partition coefficient (Wildman–Crippen LogP) is 1.20. The monoisotopic (exact) mass is 435 g/mol. The molecular weight excluding hydrogens is 402 g/mol. The molecule has 172 valence electrons. The Kier molecular flexibility index (Phi) is 9.98. The standard InChI is InChI=1S/C22H33N3O6/c1-12(2)10-17(21(29)25-19(13(3)4)22(30)31)24-20(28)18(23-14(5)26)11-15-6-8-16(27)9-7-15/h6-9,12-13,17-19,27H,10-11H2,1-5H3,(H,23,26)(H,24,28)(H,25,29)(H,30,31). The van der Waals surface area contributed by atoms with Crippen molar-refractivity contribution >= 4 is 23.7 Å². The zero-order chi connectivity index (χ0) is 23.7. The van der Waals surface area contributed by atoms with Crippen LogP contribution in [0.3, 0.4) is 0 Å². The lowest BCUT2D eigenvalue weighted by Gasteiger charge is -2.26. The molecule has 9 nitrogen and oxygen atoms in total. The van der Waals surface area contributed by atoms with Gasteiger partial charge in [-0.1, -0.05) is 39.8 Å². The molecule has 1 aromatic carbocycles. The minimum Gasteiger partial charge on any atom is -0.508 e. The van der Waals surface area contributed by atoms with Gasteiger partial charge in [0, 0.05) is 13.3 Å². The van der Waals surface area contributed by atoms with Crippen molar-refractivity contribution < 1.29 is 29.4 Å².